The number of hydrogen-bond acceptors (Lipinski definition) is 7. The van der Waals surface area contributed by atoms with Crippen LogP contribution in [0, 0.1) is 17.1 Å². The summed E-state index contributed by atoms with van der Waals surface area (Å²) >= 11 is 5.95. The van der Waals surface area contributed by atoms with Crippen molar-refractivity contribution < 1.29 is 18.7 Å². The third-order valence-corrected chi connectivity index (χ3v) is 6.54. The molecule has 36 heavy (non-hydrogen) atoms. The number of piperidine rings is 1. The number of fused-ring (bicyclic) bond motifs is 1. The minimum absolute atomic E-state index is 0.0239. The molecular formula is C26H27ClFN5O3. The van der Waals surface area contributed by atoms with Crippen LogP contribution in [0.1, 0.15) is 24.8 Å². The van der Waals surface area contributed by atoms with E-state index in [1.165, 1.54) is 12.3 Å². The molecule has 1 saturated heterocycles. The Morgan fingerprint density at radius 3 is 2.78 bits per heavy atom. The first-order valence-corrected chi connectivity index (χ1v) is 12.0. The van der Waals surface area contributed by atoms with Gasteiger partial charge in [0.05, 0.1) is 34.6 Å². The van der Waals surface area contributed by atoms with Gasteiger partial charge in [0.15, 0.2) is 17.3 Å². The number of aromatic nitrogens is 1. The zero-order valence-electron chi connectivity index (χ0n) is 20.1. The molecule has 0 radical (unpaired) electrons. The van der Waals surface area contributed by atoms with Gasteiger partial charge in [0.25, 0.3) is 0 Å². The van der Waals surface area contributed by atoms with Crippen molar-refractivity contribution in [3.05, 3.63) is 52.9 Å². The Bertz CT molecular complexity index is 1300. The summed E-state index contributed by atoms with van der Waals surface area (Å²) in [6.07, 6.45) is 3.45. The maximum Gasteiger partial charge on any atom is 0.221 e. The van der Waals surface area contributed by atoms with Gasteiger partial charge >= 0.3 is 0 Å². The van der Waals surface area contributed by atoms with E-state index in [2.05, 4.69) is 26.6 Å². The van der Waals surface area contributed by atoms with Gasteiger partial charge in [-0.2, -0.15) is 5.26 Å². The van der Waals surface area contributed by atoms with E-state index >= 15 is 0 Å². The summed E-state index contributed by atoms with van der Waals surface area (Å²) in [6.45, 7) is 2.35. The van der Waals surface area contributed by atoms with Gasteiger partial charge in [0, 0.05) is 50.8 Å². The number of rotatable bonds is 8. The highest BCUT2D eigenvalue weighted by molar-refractivity contribution is 6.31. The third-order valence-electron chi connectivity index (χ3n) is 6.25. The van der Waals surface area contributed by atoms with Crippen LogP contribution >= 0.6 is 11.6 Å². The number of carbonyl (C=O) groups is 1. The smallest absolute Gasteiger partial charge is 0.221 e. The fourth-order valence-corrected chi connectivity index (χ4v) is 4.40. The van der Waals surface area contributed by atoms with E-state index in [9.17, 15) is 14.4 Å². The third kappa shape index (κ3) is 5.61. The van der Waals surface area contributed by atoms with Crippen LogP contribution in [-0.4, -0.2) is 55.7 Å². The number of nitrogens with one attached hydrogen (secondary N) is 2. The summed E-state index contributed by atoms with van der Waals surface area (Å²) < 4.78 is 26.5. The van der Waals surface area contributed by atoms with E-state index in [-0.39, 0.29) is 28.3 Å². The number of anilines is 2. The van der Waals surface area contributed by atoms with Crippen molar-refractivity contribution in [2.75, 3.05) is 39.1 Å². The van der Waals surface area contributed by atoms with Crippen molar-refractivity contribution in [2.45, 2.75) is 25.4 Å². The number of likely N-dealkylation sites (tertiary alicyclic amines) is 1. The first-order chi connectivity index (χ1) is 17.4. The van der Waals surface area contributed by atoms with Crippen molar-refractivity contribution in [1.29, 1.82) is 5.26 Å². The lowest BCUT2D eigenvalue weighted by Gasteiger charge is -2.32. The van der Waals surface area contributed by atoms with Gasteiger partial charge in [0.1, 0.15) is 12.2 Å². The molecule has 8 nitrogen and oxygen atoms in total. The monoisotopic (exact) mass is 511 g/mol. The van der Waals surface area contributed by atoms with Crippen molar-refractivity contribution in [3.8, 4) is 17.6 Å². The molecule has 4 rings (SSSR count). The zero-order valence-corrected chi connectivity index (χ0v) is 20.9. The second-order valence-corrected chi connectivity index (χ2v) is 8.89. The lowest BCUT2D eigenvalue weighted by atomic mass is 10.1. The van der Waals surface area contributed by atoms with Gasteiger partial charge in [0.2, 0.25) is 5.91 Å². The molecule has 1 amide bonds. The quantitative estimate of drug-likeness (QED) is 0.455. The van der Waals surface area contributed by atoms with Gasteiger partial charge in [-0.3, -0.25) is 9.78 Å². The number of benzene rings is 2. The predicted molar refractivity (Wildman–Crippen MR) is 136 cm³/mol. The Morgan fingerprint density at radius 2 is 2.08 bits per heavy atom. The fourth-order valence-electron chi connectivity index (χ4n) is 4.22. The summed E-state index contributed by atoms with van der Waals surface area (Å²) in [5.74, 6) is 0.449. The molecule has 10 heteroatoms. The highest BCUT2D eigenvalue weighted by Gasteiger charge is 2.23. The maximum atomic E-state index is 14.6. The van der Waals surface area contributed by atoms with E-state index in [1.54, 1.807) is 38.4 Å². The molecule has 3 aromatic rings. The average molecular weight is 512 g/mol. The SMILES string of the molecule is CNC(=O)CCN1CCC(Oc2cc3c(Nc4cccc(Cl)c4F)c(C#N)cnc3cc2OC)CC1. The Kier molecular flexibility index (Phi) is 8.08. The van der Waals surface area contributed by atoms with Gasteiger partial charge in [-0.05, 0) is 31.0 Å². The summed E-state index contributed by atoms with van der Waals surface area (Å²) in [5, 5.41) is 15.9. The van der Waals surface area contributed by atoms with Crippen LogP contribution in [0.5, 0.6) is 11.5 Å². The second kappa shape index (κ2) is 11.4. The van der Waals surface area contributed by atoms with Crippen LogP contribution in [0.25, 0.3) is 10.9 Å². The number of hydrogen-bond donors (Lipinski definition) is 2. The molecule has 1 aliphatic heterocycles. The Balaban J connectivity index is 1.60. The molecule has 2 aromatic carbocycles. The number of ether oxygens (including phenoxy) is 2. The van der Waals surface area contributed by atoms with Crippen LogP contribution in [0.2, 0.25) is 5.02 Å². The summed E-state index contributed by atoms with van der Waals surface area (Å²) in [7, 11) is 3.19. The average Bonchev–Trinajstić information content (AvgIpc) is 2.90. The molecule has 0 saturated carbocycles. The molecule has 0 atom stereocenters. The maximum absolute atomic E-state index is 14.6. The van der Waals surface area contributed by atoms with E-state index in [4.69, 9.17) is 21.1 Å². The summed E-state index contributed by atoms with van der Waals surface area (Å²) in [5.41, 5.74) is 1.36. The normalized spacial score (nSPS) is 14.3. The van der Waals surface area contributed by atoms with Crippen LogP contribution in [-0.2, 0) is 4.79 Å². The van der Waals surface area contributed by atoms with Crippen LogP contribution in [0.4, 0.5) is 15.8 Å². The van der Waals surface area contributed by atoms with E-state index < -0.39 is 5.82 Å². The van der Waals surface area contributed by atoms with Crippen molar-refractivity contribution >= 4 is 39.8 Å². The topological polar surface area (TPSA) is 99.5 Å². The summed E-state index contributed by atoms with van der Waals surface area (Å²) in [4.78, 5) is 18.2. The van der Waals surface area contributed by atoms with Crippen LogP contribution in [0.3, 0.4) is 0 Å². The number of nitriles is 1. The van der Waals surface area contributed by atoms with Gasteiger partial charge in [-0.1, -0.05) is 17.7 Å². The molecule has 2 heterocycles. The molecule has 0 unspecified atom stereocenters. The first-order valence-electron chi connectivity index (χ1n) is 11.6. The lowest BCUT2D eigenvalue weighted by Crippen LogP contribution is -2.39. The number of amides is 1. The zero-order chi connectivity index (χ0) is 25.7. The second-order valence-electron chi connectivity index (χ2n) is 8.49. The van der Waals surface area contributed by atoms with Gasteiger partial charge in [-0.15, -0.1) is 0 Å². The fraction of sp³-hybridized carbons (Fsp3) is 0.346. The van der Waals surface area contributed by atoms with E-state index in [1.807, 2.05) is 0 Å². The molecular weight excluding hydrogens is 485 g/mol. The molecule has 1 aromatic heterocycles. The molecule has 1 fully saturated rings. The Morgan fingerprint density at radius 1 is 1.31 bits per heavy atom. The standard InChI is InChI=1S/C26H27ClFN5O3/c1-30-24(34)8-11-33-9-6-17(7-10-33)36-23-12-18-21(13-22(23)35-2)31-15-16(14-29)26(18)32-20-5-3-4-19(27)25(20)28/h3-5,12-13,15,17H,6-11H2,1-2H3,(H,30,34)(H,31,32). The largest absolute Gasteiger partial charge is 0.493 e. The van der Waals surface area contributed by atoms with E-state index in [0.29, 0.717) is 41.1 Å². The minimum atomic E-state index is -0.610. The van der Waals surface area contributed by atoms with Crippen molar-refractivity contribution in [2.24, 2.45) is 0 Å². The summed E-state index contributed by atoms with van der Waals surface area (Å²) in [6, 6.07) is 10.3. The molecule has 1 aliphatic rings. The minimum Gasteiger partial charge on any atom is -0.493 e. The number of halogens is 2. The Labute approximate surface area is 214 Å². The van der Waals surface area contributed by atoms with Crippen molar-refractivity contribution in [1.82, 2.24) is 15.2 Å². The number of methoxy groups -OCH3 is 1. The van der Waals surface area contributed by atoms with Crippen LogP contribution in [0.15, 0.2) is 36.5 Å². The highest BCUT2D eigenvalue weighted by Crippen LogP contribution is 2.39. The highest BCUT2D eigenvalue weighted by atomic mass is 35.5. The van der Waals surface area contributed by atoms with Gasteiger partial charge < -0.3 is 25.0 Å². The van der Waals surface area contributed by atoms with Crippen molar-refractivity contribution in [3.63, 3.8) is 0 Å². The Hall–Kier alpha value is -3.61. The predicted octanol–water partition coefficient (Wildman–Crippen LogP) is 4.63. The lowest BCUT2D eigenvalue weighted by molar-refractivity contribution is -0.121. The molecule has 188 valence electrons. The molecule has 0 aliphatic carbocycles. The van der Waals surface area contributed by atoms with Crippen LogP contribution < -0.4 is 20.1 Å². The van der Waals surface area contributed by atoms with E-state index in [0.717, 1.165) is 25.9 Å². The molecule has 0 bridgehead atoms. The molecule has 0 spiro atoms. The van der Waals surface area contributed by atoms with Gasteiger partial charge in [-0.25, -0.2) is 4.39 Å². The number of nitrogens with zero attached hydrogens (tertiary/aromatic N) is 3. The first kappa shape index (κ1) is 25.5. The number of pyridine rings is 1. The molecule has 2 N–H and O–H groups in total. The number of carbonyl (C=O) groups excluding carboxylic acids is 1.